The number of ether oxygens (including phenoxy) is 1. The topological polar surface area (TPSA) is 76.5 Å². The summed E-state index contributed by atoms with van der Waals surface area (Å²) in [5.41, 5.74) is 1.66. The van der Waals surface area contributed by atoms with Crippen molar-refractivity contribution in [3.63, 3.8) is 0 Å². The standard InChI is InChI=1S/C24H29ClN4O3/c1-3-13-28(14-4-2)24(31)16-29-21-8-6-5-7-20(21)27-22(29)15-26-23(30)17-32-19-11-9-18(25)10-12-19/h5-12H,3-4,13-17H2,1-2H3,(H,26,30). The molecule has 1 aromatic heterocycles. The van der Waals surface area contributed by atoms with Gasteiger partial charge in [0, 0.05) is 18.1 Å². The highest BCUT2D eigenvalue weighted by atomic mass is 35.5. The van der Waals surface area contributed by atoms with Crippen LogP contribution in [0.3, 0.4) is 0 Å². The van der Waals surface area contributed by atoms with Gasteiger partial charge in [0.05, 0.1) is 17.6 Å². The summed E-state index contributed by atoms with van der Waals surface area (Å²) in [6.45, 7) is 5.85. The van der Waals surface area contributed by atoms with Crippen molar-refractivity contribution in [1.29, 1.82) is 0 Å². The molecule has 32 heavy (non-hydrogen) atoms. The molecule has 0 atom stereocenters. The van der Waals surface area contributed by atoms with Crippen LogP contribution in [0.2, 0.25) is 5.02 Å². The number of carbonyl (C=O) groups excluding carboxylic acids is 2. The molecule has 0 fully saturated rings. The zero-order chi connectivity index (χ0) is 22.9. The van der Waals surface area contributed by atoms with Crippen molar-refractivity contribution >= 4 is 34.4 Å². The van der Waals surface area contributed by atoms with Gasteiger partial charge in [0.2, 0.25) is 5.91 Å². The zero-order valence-electron chi connectivity index (χ0n) is 18.5. The van der Waals surface area contributed by atoms with Gasteiger partial charge in [0.15, 0.2) is 6.61 Å². The first-order chi connectivity index (χ1) is 15.5. The molecular formula is C24H29ClN4O3. The van der Waals surface area contributed by atoms with E-state index in [1.54, 1.807) is 24.3 Å². The van der Waals surface area contributed by atoms with Crippen molar-refractivity contribution in [2.24, 2.45) is 0 Å². The van der Waals surface area contributed by atoms with Crippen LogP contribution in [0.4, 0.5) is 0 Å². The lowest BCUT2D eigenvalue weighted by Gasteiger charge is -2.22. The number of fused-ring (bicyclic) bond motifs is 1. The highest BCUT2D eigenvalue weighted by Crippen LogP contribution is 2.17. The maximum Gasteiger partial charge on any atom is 0.258 e. The van der Waals surface area contributed by atoms with E-state index in [0.29, 0.717) is 16.6 Å². The van der Waals surface area contributed by atoms with Gasteiger partial charge in [-0.15, -0.1) is 0 Å². The molecule has 0 radical (unpaired) electrons. The Bertz CT molecular complexity index is 1040. The summed E-state index contributed by atoms with van der Waals surface area (Å²) in [6.07, 6.45) is 1.82. The second-order valence-corrected chi connectivity index (χ2v) is 7.94. The average molecular weight is 457 g/mol. The van der Waals surface area contributed by atoms with Crippen molar-refractivity contribution in [2.75, 3.05) is 19.7 Å². The SMILES string of the molecule is CCCN(CCC)C(=O)Cn1c(CNC(=O)COc2ccc(Cl)cc2)nc2ccccc21. The number of carbonyl (C=O) groups is 2. The summed E-state index contributed by atoms with van der Waals surface area (Å²) in [6, 6.07) is 14.5. The number of halogens is 1. The van der Waals surface area contributed by atoms with E-state index in [1.165, 1.54) is 0 Å². The van der Waals surface area contributed by atoms with Gasteiger partial charge in [-0.1, -0.05) is 37.6 Å². The molecule has 0 spiro atoms. The first-order valence-electron chi connectivity index (χ1n) is 10.9. The van der Waals surface area contributed by atoms with Crippen LogP contribution in [-0.4, -0.2) is 46.0 Å². The largest absolute Gasteiger partial charge is 0.484 e. The van der Waals surface area contributed by atoms with Gasteiger partial charge < -0.3 is 19.5 Å². The van der Waals surface area contributed by atoms with E-state index in [9.17, 15) is 9.59 Å². The van der Waals surface area contributed by atoms with Crippen molar-refractivity contribution in [3.05, 3.63) is 59.4 Å². The van der Waals surface area contributed by atoms with Crippen LogP contribution in [0, 0.1) is 0 Å². The maximum atomic E-state index is 13.0. The molecule has 0 saturated heterocycles. The number of amides is 2. The van der Waals surface area contributed by atoms with E-state index in [4.69, 9.17) is 16.3 Å². The number of hydrogen-bond donors (Lipinski definition) is 1. The van der Waals surface area contributed by atoms with Gasteiger partial charge in [-0.2, -0.15) is 0 Å². The molecule has 2 amide bonds. The van der Waals surface area contributed by atoms with Crippen LogP contribution in [0.5, 0.6) is 5.75 Å². The van der Waals surface area contributed by atoms with Crippen LogP contribution in [0.25, 0.3) is 11.0 Å². The monoisotopic (exact) mass is 456 g/mol. The molecule has 0 bridgehead atoms. The van der Waals surface area contributed by atoms with E-state index in [-0.39, 0.29) is 31.5 Å². The number of aromatic nitrogens is 2. The normalized spacial score (nSPS) is 10.8. The molecule has 0 aliphatic rings. The molecule has 0 saturated carbocycles. The van der Waals surface area contributed by atoms with Gasteiger partial charge in [-0.3, -0.25) is 9.59 Å². The van der Waals surface area contributed by atoms with Crippen LogP contribution >= 0.6 is 11.6 Å². The molecule has 2 aromatic carbocycles. The van der Waals surface area contributed by atoms with E-state index in [0.717, 1.165) is 37.0 Å². The lowest BCUT2D eigenvalue weighted by atomic mass is 10.3. The Kier molecular flexibility index (Phi) is 8.50. The Morgan fingerprint density at radius 2 is 1.75 bits per heavy atom. The smallest absolute Gasteiger partial charge is 0.258 e. The minimum Gasteiger partial charge on any atom is -0.484 e. The number of nitrogens with zero attached hydrogens (tertiary/aromatic N) is 3. The second-order valence-electron chi connectivity index (χ2n) is 7.50. The third-order valence-corrected chi connectivity index (χ3v) is 5.25. The number of rotatable bonds is 11. The Morgan fingerprint density at radius 3 is 2.44 bits per heavy atom. The summed E-state index contributed by atoms with van der Waals surface area (Å²) in [4.78, 5) is 31.8. The van der Waals surface area contributed by atoms with Crippen LogP contribution in [0.15, 0.2) is 48.5 Å². The first kappa shape index (κ1) is 23.6. The number of hydrogen-bond acceptors (Lipinski definition) is 4. The Balaban J connectivity index is 1.68. The third kappa shape index (κ3) is 6.23. The highest BCUT2D eigenvalue weighted by Gasteiger charge is 2.18. The lowest BCUT2D eigenvalue weighted by Crippen LogP contribution is -2.36. The summed E-state index contributed by atoms with van der Waals surface area (Å²) >= 11 is 5.86. The fourth-order valence-electron chi connectivity index (χ4n) is 3.48. The molecule has 7 nitrogen and oxygen atoms in total. The van der Waals surface area contributed by atoms with Gasteiger partial charge in [-0.25, -0.2) is 4.98 Å². The number of benzene rings is 2. The maximum absolute atomic E-state index is 13.0. The summed E-state index contributed by atoms with van der Waals surface area (Å²) in [5, 5.41) is 3.44. The molecule has 0 aliphatic carbocycles. The minimum atomic E-state index is -0.275. The summed E-state index contributed by atoms with van der Waals surface area (Å²) < 4.78 is 7.38. The Hall–Kier alpha value is -3.06. The molecule has 170 valence electrons. The van der Waals surface area contributed by atoms with Gasteiger partial charge in [-0.05, 0) is 49.2 Å². The predicted octanol–water partition coefficient (Wildman–Crippen LogP) is 4.03. The third-order valence-electron chi connectivity index (χ3n) is 4.99. The first-order valence-corrected chi connectivity index (χ1v) is 11.3. The second kappa shape index (κ2) is 11.5. The summed E-state index contributed by atoms with van der Waals surface area (Å²) in [7, 11) is 0. The minimum absolute atomic E-state index is 0.0514. The molecule has 1 N–H and O–H groups in total. The fraction of sp³-hybridized carbons (Fsp3) is 0.375. The molecule has 3 aromatic rings. The lowest BCUT2D eigenvalue weighted by molar-refractivity contribution is -0.131. The van der Waals surface area contributed by atoms with Crippen molar-refractivity contribution in [1.82, 2.24) is 19.8 Å². The molecule has 0 unspecified atom stereocenters. The van der Waals surface area contributed by atoms with Gasteiger partial charge >= 0.3 is 0 Å². The molecule has 0 aliphatic heterocycles. The molecular weight excluding hydrogens is 428 g/mol. The molecule has 1 heterocycles. The highest BCUT2D eigenvalue weighted by molar-refractivity contribution is 6.30. The molecule has 8 heteroatoms. The predicted molar refractivity (Wildman–Crippen MR) is 126 cm³/mol. The van der Waals surface area contributed by atoms with E-state index < -0.39 is 0 Å². The fourth-order valence-corrected chi connectivity index (χ4v) is 3.61. The number of para-hydroxylation sites is 2. The van der Waals surface area contributed by atoms with Gasteiger partial charge in [0.25, 0.3) is 5.91 Å². The van der Waals surface area contributed by atoms with Crippen molar-refractivity contribution in [3.8, 4) is 5.75 Å². The Morgan fingerprint density at radius 1 is 1.06 bits per heavy atom. The van der Waals surface area contributed by atoms with E-state index >= 15 is 0 Å². The van der Waals surface area contributed by atoms with E-state index in [1.807, 2.05) is 33.7 Å². The van der Waals surface area contributed by atoms with Crippen LogP contribution < -0.4 is 10.1 Å². The van der Waals surface area contributed by atoms with Crippen LogP contribution in [0.1, 0.15) is 32.5 Å². The summed E-state index contributed by atoms with van der Waals surface area (Å²) in [5.74, 6) is 0.973. The van der Waals surface area contributed by atoms with Crippen LogP contribution in [-0.2, 0) is 22.7 Å². The zero-order valence-corrected chi connectivity index (χ0v) is 19.3. The quantitative estimate of drug-likeness (QED) is 0.472. The molecule has 3 rings (SSSR count). The van der Waals surface area contributed by atoms with E-state index in [2.05, 4.69) is 24.1 Å². The average Bonchev–Trinajstić information content (AvgIpc) is 3.14. The number of nitrogens with one attached hydrogen (secondary N) is 1. The van der Waals surface area contributed by atoms with Crippen molar-refractivity contribution in [2.45, 2.75) is 39.8 Å². The number of imidazole rings is 1. The van der Waals surface area contributed by atoms with Gasteiger partial charge in [0.1, 0.15) is 18.1 Å². The van der Waals surface area contributed by atoms with Crippen molar-refractivity contribution < 1.29 is 14.3 Å². The Labute approximate surface area is 193 Å².